The number of nitrogens with zero attached hydrogens (tertiary/aromatic N) is 3. The van der Waals surface area contributed by atoms with Crippen LogP contribution in [0.5, 0.6) is 0 Å². The lowest BCUT2D eigenvalue weighted by molar-refractivity contribution is 0.545. The summed E-state index contributed by atoms with van der Waals surface area (Å²) in [6, 6.07) is 15.2. The molecule has 2 aromatic carbocycles. The van der Waals surface area contributed by atoms with Gasteiger partial charge in [-0.15, -0.1) is 10.2 Å². The lowest BCUT2D eigenvalue weighted by Crippen LogP contribution is -2.21. The fourth-order valence-corrected chi connectivity index (χ4v) is 4.96. The van der Waals surface area contributed by atoms with Crippen molar-refractivity contribution in [3.63, 3.8) is 0 Å². The Labute approximate surface area is 166 Å². The third kappa shape index (κ3) is 4.48. The summed E-state index contributed by atoms with van der Waals surface area (Å²) in [5, 5.41) is 8.12. The van der Waals surface area contributed by atoms with Crippen LogP contribution in [-0.2, 0) is 28.6 Å². The van der Waals surface area contributed by atoms with Gasteiger partial charge in [-0.1, -0.05) is 59.7 Å². The third-order valence-corrected chi connectivity index (χ3v) is 6.18. The first-order valence-electron chi connectivity index (χ1n) is 9.32. The minimum Gasteiger partial charge on any atom is -0.321 e. The Bertz CT molecular complexity index is 1040. The van der Waals surface area contributed by atoms with E-state index < -0.39 is 15.9 Å². The minimum absolute atomic E-state index is 0.0207. The van der Waals surface area contributed by atoms with Gasteiger partial charge in [-0.25, -0.2) is 8.42 Å². The van der Waals surface area contributed by atoms with E-state index in [2.05, 4.69) is 10.2 Å². The Balaban J connectivity index is 1.89. The van der Waals surface area contributed by atoms with Gasteiger partial charge in [-0.05, 0) is 38.3 Å². The minimum atomic E-state index is -3.64. The van der Waals surface area contributed by atoms with Crippen LogP contribution in [0.3, 0.4) is 0 Å². The molecule has 0 bridgehead atoms. The summed E-state index contributed by atoms with van der Waals surface area (Å²) in [5.74, 6) is 0.382. The van der Waals surface area contributed by atoms with Gasteiger partial charge in [0, 0.05) is 6.54 Å². The molecular formula is C21H26N4O2S. The first-order valence-corrected chi connectivity index (χ1v) is 11.0. The van der Waals surface area contributed by atoms with Crippen molar-refractivity contribution < 1.29 is 8.42 Å². The quantitative estimate of drug-likeness (QED) is 0.660. The Kier molecular flexibility index (Phi) is 5.96. The summed E-state index contributed by atoms with van der Waals surface area (Å²) in [5.41, 5.74) is 10.2. The molecule has 0 unspecified atom stereocenters. The molecule has 1 aromatic heterocycles. The Morgan fingerprint density at radius 1 is 1.00 bits per heavy atom. The molecule has 0 saturated carbocycles. The molecular weight excluding hydrogens is 372 g/mol. The topological polar surface area (TPSA) is 90.9 Å². The highest BCUT2D eigenvalue weighted by molar-refractivity contribution is 7.90. The summed E-state index contributed by atoms with van der Waals surface area (Å²) in [4.78, 5) is 0. The summed E-state index contributed by atoms with van der Waals surface area (Å²) in [6.45, 7) is 6.22. The van der Waals surface area contributed by atoms with E-state index in [1.54, 1.807) is 4.57 Å². The molecule has 1 atom stereocenters. The number of rotatable bonds is 7. The lowest BCUT2D eigenvalue weighted by atomic mass is 10.1. The van der Waals surface area contributed by atoms with E-state index in [1.165, 1.54) is 0 Å². The molecule has 2 N–H and O–H groups in total. The molecule has 148 valence electrons. The third-order valence-electron chi connectivity index (χ3n) is 4.61. The van der Waals surface area contributed by atoms with E-state index in [-0.39, 0.29) is 10.9 Å². The Hall–Kier alpha value is -2.51. The van der Waals surface area contributed by atoms with E-state index in [9.17, 15) is 8.42 Å². The fraction of sp³-hybridized carbons (Fsp3) is 0.333. The number of aryl methyl sites for hydroxylation is 2. The van der Waals surface area contributed by atoms with Crippen molar-refractivity contribution in [2.45, 2.75) is 50.7 Å². The highest BCUT2D eigenvalue weighted by Crippen LogP contribution is 2.21. The van der Waals surface area contributed by atoms with Gasteiger partial charge in [-0.3, -0.25) is 0 Å². The summed E-state index contributed by atoms with van der Waals surface area (Å²) >= 11 is 0. The largest absolute Gasteiger partial charge is 0.321 e. The monoisotopic (exact) mass is 398 g/mol. The molecule has 3 aromatic rings. The zero-order valence-electron chi connectivity index (χ0n) is 16.5. The van der Waals surface area contributed by atoms with Gasteiger partial charge in [0.2, 0.25) is 15.0 Å². The number of hydrogen-bond donors (Lipinski definition) is 1. The number of hydrogen-bond acceptors (Lipinski definition) is 5. The maximum absolute atomic E-state index is 13.0. The standard InChI is InChI=1S/C21H26N4O2S/c1-4-25-20(19(22)13-17-8-6-5-7-9-17)23-24-21(25)28(26,27)14-18-11-15(2)10-16(3)12-18/h5-12,19H,4,13-14,22H2,1-3H3/t19-/m0/s1. The van der Waals surface area contributed by atoms with Crippen molar-refractivity contribution in [1.29, 1.82) is 0 Å². The summed E-state index contributed by atoms with van der Waals surface area (Å²) in [7, 11) is -3.64. The van der Waals surface area contributed by atoms with Crippen molar-refractivity contribution >= 4 is 9.84 Å². The summed E-state index contributed by atoms with van der Waals surface area (Å²) in [6.07, 6.45) is 0.566. The number of nitrogens with two attached hydrogens (primary N) is 1. The van der Waals surface area contributed by atoms with Gasteiger partial charge in [-0.2, -0.15) is 0 Å². The van der Waals surface area contributed by atoms with Crippen LogP contribution < -0.4 is 5.73 Å². The van der Waals surface area contributed by atoms with E-state index in [4.69, 9.17) is 5.73 Å². The Morgan fingerprint density at radius 3 is 2.25 bits per heavy atom. The van der Waals surface area contributed by atoms with Gasteiger partial charge in [0.15, 0.2) is 5.82 Å². The van der Waals surface area contributed by atoms with Crippen LogP contribution in [0.2, 0.25) is 0 Å². The van der Waals surface area contributed by atoms with E-state index >= 15 is 0 Å². The molecule has 0 amide bonds. The SMILES string of the molecule is CCn1c([C@@H](N)Cc2ccccc2)nnc1S(=O)(=O)Cc1cc(C)cc(C)c1. The number of sulfone groups is 1. The number of aromatic nitrogens is 3. The van der Waals surface area contributed by atoms with Crippen LogP contribution in [0.4, 0.5) is 0 Å². The maximum Gasteiger partial charge on any atom is 0.250 e. The van der Waals surface area contributed by atoms with Gasteiger partial charge >= 0.3 is 0 Å². The molecule has 0 aliphatic heterocycles. The van der Waals surface area contributed by atoms with Crippen molar-refractivity contribution in [2.24, 2.45) is 5.73 Å². The van der Waals surface area contributed by atoms with Crippen molar-refractivity contribution in [2.75, 3.05) is 0 Å². The van der Waals surface area contributed by atoms with E-state index in [0.717, 1.165) is 22.3 Å². The second kappa shape index (κ2) is 8.24. The van der Waals surface area contributed by atoms with Crippen LogP contribution in [0.1, 0.15) is 41.0 Å². The molecule has 3 rings (SSSR count). The van der Waals surface area contributed by atoms with Crippen LogP contribution in [-0.4, -0.2) is 23.2 Å². The van der Waals surface area contributed by atoms with Crippen molar-refractivity contribution in [3.8, 4) is 0 Å². The van der Waals surface area contributed by atoms with Crippen LogP contribution >= 0.6 is 0 Å². The van der Waals surface area contributed by atoms with Crippen LogP contribution in [0, 0.1) is 13.8 Å². The molecule has 1 heterocycles. The molecule has 0 aliphatic rings. The average Bonchev–Trinajstić information content (AvgIpc) is 3.06. The van der Waals surface area contributed by atoms with Crippen molar-refractivity contribution in [1.82, 2.24) is 14.8 Å². The average molecular weight is 399 g/mol. The van der Waals surface area contributed by atoms with E-state index in [0.29, 0.717) is 18.8 Å². The van der Waals surface area contributed by atoms with Gasteiger partial charge in [0.25, 0.3) is 0 Å². The number of benzene rings is 2. The normalized spacial score (nSPS) is 12.9. The Morgan fingerprint density at radius 2 is 1.64 bits per heavy atom. The van der Waals surface area contributed by atoms with E-state index in [1.807, 2.05) is 69.3 Å². The first kappa shape index (κ1) is 20.2. The zero-order valence-corrected chi connectivity index (χ0v) is 17.3. The second-order valence-electron chi connectivity index (χ2n) is 7.14. The molecule has 0 saturated heterocycles. The van der Waals surface area contributed by atoms with Gasteiger partial charge in [0.1, 0.15) is 0 Å². The van der Waals surface area contributed by atoms with Gasteiger partial charge < -0.3 is 10.3 Å². The highest BCUT2D eigenvalue weighted by atomic mass is 32.2. The predicted octanol–water partition coefficient (Wildman–Crippen LogP) is 3.13. The molecule has 0 radical (unpaired) electrons. The lowest BCUT2D eigenvalue weighted by Gasteiger charge is -2.14. The predicted molar refractivity (Wildman–Crippen MR) is 110 cm³/mol. The molecule has 0 aliphatic carbocycles. The maximum atomic E-state index is 13.0. The highest BCUT2D eigenvalue weighted by Gasteiger charge is 2.27. The van der Waals surface area contributed by atoms with Gasteiger partial charge in [0.05, 0.1) is 11.8 Å². The molecule has 28 heavy (non-hydrogen) atoms. The van der Waals surface area contributed by atoms with Crippen LogP contribution in [0.15, 0.2) is 53.7 Å². The summed E-state index contributed by atoms with van der Waals surface area (Å²) < 4.78 is 27.7. The van der Waals surface area contributed by atoms with Crippen molar-refractivity contribution in [3.05, 3.63) is 76.6 Å². The molecule has 7 heteroatoms. The van der Waals surface area contributed by atoms with Crippen LogP contribution in [0.25, 0.3) is 0 Å². The zero-order chi connectivity index (χ0) is 20.3. The molecule has 0 fully saturated rings. The molecule has 6 nitrogen and oxygen atoms in total. The fourth-order valence-electron chi connectivity index (χ4n) is 3.50. The first-order chi connectivity index (χ1) is 13.3. The molecule has 0 spiro atoms. The second-order valence-corrected chi connectivity index (χ2v) is 9.02. The smallest absolute Gasteiger partial charge is 0.250 e.